The lowest BCUT2D eigenvalue weighted by atomic mass is 10.1. The summed E-state index contributed by atoms with van der Waals surface area (Å²) in [7, 11) is 0. The van der Waals surface area contributed by atoms with Gasteiger partial charge in [0.2, 0.25) is 0 Å². The van der Waals surface area contributed by atoms with Crippen molar-refractivity contribution in [2.75, 3.05) is 0 Å². The third kappa shape index (κ3) is 3.75. The van der Waals surface area contributed by atoms with Gasteiger partial charge in [-0.05, 0) is 36.8 Å². The maximum Gasteiger partial charge on any atom is 0.325 e. The predicted molar refractivity (Wildman–Crippen MR) is 107 cm³/mol. The van der Waals surface area contributed by atoms with E-state index in [1.807, 2.05) is 42.1 Å². The molecule has 0 atom stereocenters. The van der Waals surface area contributed by atoms with E-state index in [2.05, 4.69) is 26.2 Å². The molecule has 0 spiro atoms. The zero-order chi connectivity index (χ0) is 20.4. The normalized spacial score (nSPS) is 10.6. The number of nitriles is 1. The van der Waals surface area contributed by atoms with Crippen molar-refractivity contribution in [1.82, 2.24) is 24.7 Å². The van der Waals surface area contributed by atoms with E-state index in [4.69, 9.17) is 5.26 Å². The van der Waals surface area contributed by atoms with Gasteiger partial charge in [0.05, 0.1) is 22.9 Å². The Kier molecular flexibility index (Phi) is 4.63. The summed E-state index contributed by atoms with van der Waals surface area (Å²) >= 11 is 0. The molecule has 0 radical (unpaired) electrons. The van der Waals surface area contributed by atoms with Crippen LogP contribution in [0.2, 0.25) is 0 Å². The average molecular weight is 384 g/mol. The number of aryl methyl sites for hydroxylation is 1. The Morgan fingerprint density at radius 1 is 1.10 bits per heavy atom. The smallest absolute Gasteiger partial charge is 0.325 e. The topological polar surface area (TPSA) is 120 Å². The van der Waals surface area contributed by atoms with Gasteiger partial charge in [-0.1, -0.05) is 12.1 Å². The molecular weight excluding hydrogens is 368 g/mol. The van der Waals surface area contributed by atoms with E-state index in [1.165, 1.54) is 6.20 Å². The fourth-order valence-corrected chi connectivity index (χ4v) is 3.07. The SMILES string of the molecule is Cc1nnc(-c2c[nH]c(=O)[nH]c2=O)cc1-c1ccn(Cc2ccc(C#N)cc2)c1. The first-order chi connectivity index (χ1) is 14.0. The summed E-state index contributed by atoms with van der Waals surface area (Å²) in [5.74, 6) is 0. The number of hydrogen-bond donors (Lipinski definition) is 2. The number of rotatable bonds is 4. The molecule has 0 amide bonds. The van der Waals surface area contributed by atoms with E-state index >= 15 is 0 Å². The third-order valence-corrected chi connectivity index (χ3v) is 4.58. The van der Waals surface area contributed by atoms with E-state index in [0.29, 0.717) is 17.8 Å². The van der Waals surface area contributed by atoms with Crippen LogP contribution < -0.4 is 11.2 Å². The van der Waals surface area contributed by atoms with Gasteiger partial charge in [-0.3, -0.25) is 9.78 Å². The highest BCUT2D eigenvalue weighted by molar-refractivity contribution is 5.70. The summed E-state index contributed by atoms with van der Waals surface area (Å²) < 4.78 is 2.03. The van der Waals surface area contributed by atoms with Crippen molar-refractivity contribution in [1.29, 1.82) is 5.26 Å². The number of aromatic amines is 2. The molecule has 0 aliphatic heterocycles. The second kappa shape index (κ2) is 7.40. The Hall–Kier alpha value is -4.25. The minimum Gasteiger partial charge on any atom is -0.349 e. The van der Waals surface area contributed by atoms with Gasteiger partial charge < -0.3 is 9.55 Å². The van der Waals surface area contributed by atoms with Crippen LogP contribution in [0.5, 0.6) is 0 Å². The minimum atomic E-state index is -0.570. The molecule has 8 nitrogen and oxygen atoms in total. The van der Waals surface area contributed by atoms with Gasteiger partial charge in [-0.25, -0.2) is 4.79 Å². The van der Waals surface area contributed by atoms with Crippen molar-refractivity contribution in [3.63, 3.8) is 0 Å². The second-order valence-electron chi connectivity index (χ2n) is 6.60. The minimum absolute atomic E-state index is 0.246. The van der Waals surface area contributed by atoms with Crippen LogP contribution in [0.15, 0.2) is 64.6 Å². The van der Waals surface area contributed by atoms with Crippen LogP contribution in [0, 0.1) is 18.3 Å². The zero-order valence-electron chi connectivity index (χ0n) is 15.5. The lowest BCUT2D eigenvalue weighted by Crippen LogP contribution is -2.22. The Morgan fingerprint density at radius 2 is 1.90 bits per heavy atom. The maximum atomic E-state index is 12.1. The summed E-state index contributed by atoms with van der Waals surface area (Å²) in [6.07, 6.45) is 5.28. The van der Waals surface area contributed by atoms with Crippen LogP contribution in [-0.2, 0) is 6.54 Å². The monoisotopic (exact) mass is 384 g/mol. The van der Waals surface area contributed by atoms with E-state index in [-0.39, 0.29) is 5.56 Å². The summed E-state index contributed by atoms with van der Waals surface area (Å²) in [4.78, 5) is 27.9. The first-order valence-corrected chi connectivity index (χ1v) is 8.85. The molecule has 3 aromatic heterocycles. The number of H-pyrrole nitrogens is 2. The molecule has 0 aliphatic carbocycles. The highest BCUT2D eigenvalue weighted by atomic mass is 16.2. The number of hydrogen-bond acceptors (Lipinski definition) is 5. The quantitative estimate of drug-likeness (QED) is 0.559. The zero-order valence-corrected chi connectivity index (χ0v) is 15.5. The first-order valence-electron chi connectivity index (χ1n) is 8.85. The van der Waals surface area contributed by atoms with Gasteiger partial charge >= 0.3 is 5.69 Å². The Labute approximate surface area is 165 Å². The van der Waals surface area contributed by atoms with Gasteiger partial charge in [0.1, 0.15) is 5.69 Å². The molecule has 0 fully saturated rings. The van der Waals surface area contributed by atoms with E-state index in [9.17, 15) is 9.59 Å². The third-order valence-electron chi connectivity index (χ3n) is 4.58. The number of aromatic nitrogens is 5. The molecule has 29 heavy (non-hydrogen) atoms. The lowest BCUT2D eigenvalue weighted by Gasteiger charge is -2.06. The van der Waals surface area contributed by atoms with Gasteiger partial charge in [-0.15, -0.1) is 5.10 Å². The van der Waals surface area contributed by atoms with Crippen LogP contribution in [0.4, 0.5) is 0 Å². The second-order valence-corrected chi connectivity index (χ2v) is 6.60. The number of nitrogens with zero attached hydrogens (tertiary/aromatic N) is 4. The highest BCUT2D eigenvalue weighted by Crippen LogP contribution is 2.25. The summed E-state index contributed by atoms with van der Waals surface area (Å²) in [5, 5.41) is 17.2. The van der Waals surface area contributed by atoms with E-state index < -0.39 is 11.2 Å². The summed E-state index contributed by atoms with van der Waals surface area (Å²) in [6, 6.07) is 13.3. The number of nitrogens with one attached hydrogen (secondary N) is 2. The molecule has 2 N–H and O–H groups in total. The van der Waals surface area contributed by atoms with E-state index in [0.717, 1.165) is 22.4 Å². The Bertz CT molecular complexity index is 1340. The molecule has 1 aromatic carbocycles. The molecule has 3 heterocycles. The fourth-order valence-electron chi connectivity index (χ4n) is 3.07. The molecule has 0 aliphatic rings. The predicted octanol–water partition coefficient (Wildman–Crippen LogP) is 2.22. The largest absolute Gasteiger partial charge is 0.349 e. The standard InChI is InChI=1S/C21H16N6O2/c1-13-17(8-19(26-25-13)18-10-23-21(29)24-20(18)28)16-6-7-27(12-16)11-15-4-2-14(9-22)3-5-15/h2-8,10,12H,11H2,1H3,(H2,23,24,28,29). The van der Waals surface area contributed by atoms with Crippen LogP contribution in [-0.4, -0.2) is 24.7 Å². The van der Waals surface area contributed by atoms with Crippen LogP contribution in [0.3, 0.4) is 0 Å². The Balaban J connectivity index is 1.65. The average Bonchev–Trinajstić information content (AvgIpc) is 3.17. The molecular formula is C21H16N6O2. The molecule has 0 saturated heterocycles. The van der Waals surface area contributed by atoms with Crippen molar-refractivity contribution in [3.8, 4) is 28.5 Å². The summed E-state index contributed by atoms with van der Waals surface area (Å²) in [6.45, 7) is 2.51. The van der Waals surface area contributed by atoms with Gasteiger partial charge in [0.25, 0.3) is 5.56 Å². The van der Waals surface area contributed by atoms with Crippen molar-refractivity contribution >= 4 is 0 Å². The molecule has 0 bridgehead atoms. The van der Waals surface area contributed by atoms with Gasteiger partial charge in [0.15, 0.2) is 0 Å². The molecule has 4 aromatic rings. The van der Waals surface area contributed by atoms with Crippen LogP contribution in [0.25, 0.3) is 22.4 Å². The van der Waals surface area contributed by atoms with Crippen LogP contribution >= 0.6 is 0 Å². The van der Waals surface area contributed by atoms with Crippen molar-refractivity contribution in [2.45, 2.75) is 13.5 Å². The summed E-state index contributed by atoms with van der Waals surface area (Å²) in [5.41, 5.74) is 3.76. The van der Waals surface area contributed by atoms with E-state index in [1.54, 1.807) is 18.2 Å². The molecule has 0 unspecified atom stereocenters. The lowest BCUT2D eigenvalue weighted by molar-refractivity contribution is 0.806. The van der Waals surface area contributed by atoms with Crippen molar-refractivity contribution in [2.24, 2.45) is 0 Å². The van der Waals surface area contributed by atoms with Gasteiger partial charge in [0, 0.05) is 36.3 Å². The van der Waals surface area contributed by atoms with Gasteiger partial charge in [-0.2, -0.15) is 10.4 Å². The molecule has 4 rings (SSSR count). The van der Waals surface area contributed by atoms with Crippen molar-refractivity contribution in [3.05, 3.63) is 92.6 Å². The Morgan fingerprint density at radius 3 is 2.62 bits per heavy atom. The highest BCUT2D eigenvalue weighted by Gasteiger charge is 2.12. The first kappa shape index (κ1) is 18.1. The molecule has 8 heteroatoms. The maximum absolute atomic E-state index is 12.1. The number of benzene rings is 1. The van der Waals surface area contributed by atoms with Crippen molar-refractivity contribution < 1.29 is 0 Å². The van der Waals surface area contributed by atoms with Crippen LogP contribution in [0.1, 0.15) is 16.8 Å². The fraction of sp³-hybridized carbons (Fsp3) is 0.0952. The molecule has 0 saturated carbocycles. The molecule has 142 valence electrons.